The fourth-order valence-electron chi connectivity index (χ4n) is 3.61. The first-order valence-corrected chi connectivity index (χ1v) is 10.5. The Morgan fingerprint density at radius 3 is 2.97 bits per heavy atom. The van der Waals surface area contributed by atoms with Gasteiger partial charge < -0.3 is 9.42 Å². The zero-order chi connectivity index (χ0) is 20.5. The number of fused-ring (bicyclic) bond motifs is 1. The van der Waals surface area contributed by atoms with E-state index < -0.39 is 0 Å². The van der Waals surface area contributed by atoms with Crippen LogP contribution in [0.25, 0.3) is 21.6 Å². The monoisotopic (exact) mass is 423 g/mol. The summed E-state index contributed by atoms with van der Waals surface area (Å²) < 4.78 is 19.9. The summed E-state index contributed by atoms with van der Waals surface area (Å²) in [6, 6.07) is 13.7. The fraction of sp³-hybridized carbons (Fsp3) is 0.238. The van der Waals surface area contributed by atoms with Crippen LogP contribution in [-0.2, 0) is 0 Å². The van der Waals surface area contributed by atoms with Crippen molar-refractivity contribution in [2.24, 2.45) is 0 Å². The number of thiazole rings is 1. The number of nitrogens with zero attached hydrogens (tertiary/aromatic N) is 4. The molecule has 3 heterocycles. The first-order chi connectivity index (χ1) is 14.7. The number of anilines is 1. The predicted molar refractivity (Wildman–Crippen MR) is 112 cm³/mol. The zero-order valence-corrected chi connectivity index (χ0v) is 16.7. The lowest BCUT2D eigenvalue weighted by Gasteiger charge is -2.30. The molecule has 1 unspecified atom stereocenters. The van der Waals surface area contributed by atoms with Crippen LogP contribution in [0.3, 0.4) is 0 Å². The maximum atomic E-state index is 13.5. The third-order valence-corrected chi connectivity index (χ3v) is 6.04. The molecule has 2 aromatic carbocycles. The van der Waals surface area contributed by atoms with Gasteiger partial charge in [-0.3, -0.25) is 5.32 Å². The SMILES string of the molecule is O=C(Nc1nc2ccccc2s1)N1CCCC(c2nc(-c3cccc(F)c3)no2)C1. The summed E-state index contributed by atoms with van der Waals surface area (Å²) >= 11 is 1.45. The molecule has 9 heteroatoms. The standard InChI is InChI=1S/C21H18FN5O2S/c22-15-7-3-5-13(11-15)18-24-19(29-26-18)14-6-4-10-27(12-14)21(28)25-20-23-16-8-1-2-9-17(16)30-20/h1-3,5,7-9,11,14H,4,6,10,12H2,(H,23,25,28). The van der Waals surface area contributed by atoms with Crippen molar-refractivity contribution in [2.75, 3.05) is 18.4 Å². The molecular weight excluding hydrogens is 405 g/mol. The van der Waals surface area contributed by atoms with Gasteiger partial charge in [0.25, 0.3) is 0 Å². The molecule has 0 aliphatic carbocycles. The van der Waals surface area contributed by atoms with Crippen LogP contribution in [0.15, 0.2) is 53.1 Å². The van der Waals surface area contributed by atoms with Gasteiger partial charge in [-0.05, 0) is 37.1 Å². The van der Waals surface area contributed by atoms with E-state index in [0.29, 0.717) is 35.5 Å². The van der Waals surface area contributed by atoms with E-state index in [9.17, 15) is 9.18 Å². The number of urea groups is 1. The lowest BCUT2D eigenvalue weighted by atomic mass is 9.98. The molecule has 1 aliphatic heterocycles. The number of amides is 2. The summed E-state index contributed by atoms with van der Waals surface area (Å²) in [7, 11) is 0. The van der Waals surface area contributed by atoms with Gasteiger partial charge >= 0.3 is 6.03 Å². The number of aromatic nitrogens is 3. The van der Waals surface area contributed by atoms with Crippen molar-refractivity contribution in [3.8, 4) is 11.4 Å². The summed E-state index contributed by atoms with van der Waals surface area (Å²) in [5.41, 5.74) is 1.43. The molecule has 152 valence electrons. The molecule has 0 radical (unpaired) electrons. The highest BCUT2D eigenvalue weighted by Gasteiger charge is 2.29. The van der Waals surface area contributed by atoms with Gasteiger partial charge in [0.15, 0.2) is 5.13 Å². The predicted octanol–water partition coefficient (Wildman–Crippen LogP) is 4.90. The second kappa shape index (κ2) is 7.83. The Morgan fingerprint density at radius 1 is 1.20 bits per heavy atom. The molecule has 30 heavy (non-hydrogen) atoms. The Balaban J connectivity index is 1.28. The third kappa shape index (κ3) is 3.76. The van der Waals surface area contributed by atoms with Crippen molar-refractivity contribution in [1.82, 2.24) is 20.0 Å². The highest BCUT2D eigenvalue weighted by Crippen LogP contribution is 2.29. The number of para-hydroxylation sites is 1. The van der Waals surface area contributed by atoms with E-state index >= 15 is 0 Å². The van der Waals surface area contributed by atoms with Crippen LogP contribution in [-0.4, -0.2) is 39.1 Å². The molecule has 7 nitrogen and oxygen atoms in total. The van der Waals surface area contributed by atoms with Crippen molar-refractivity contribution in [2.45, 2.75) is 18.8 Å². The summed E-state index contributed by atoms with van der Waals surface area (Å²) in [6.07, 6.45) is 1.67. The van der Waals surface area contributed by atoms with Crippen molar-refractivity contribution < 1.29 is 13.7 Å². The Kier molecular flexibility index (Phi) is 4.88. The molecule has 0 saturated carbocycles. The summed E-state index contributed by atoms with van der Waals surface area (Å²) in [6.45, 7) is 1.12. The molecule has 0 bridgehead atoms. The molecule has 0 spiro atoms. The lowest BCUT2D eigenvalue weighted by molar-refractivity contribution is 0.184. The van der Waals surface area contributed by atoms with Crippen LogP contribution in [0.5, 0.6) is 0 Å². The molecule has 1 aliphatic rings. The van der Waals surface area contributed by atoms with Crippen LogP contribution < -0.4 is 5.32 Å². The van der Waals surface area contributed by atoms with E-state index in [1.165, 1.54) is 23.5 Å². The van der Waals surface area contributed by atoms with Gasteiger partial charge in [-0.2, -0.15) is 4.98 Å². The molecule has 1 saturated heterocycles. The number of piperidine rings is 1. The molecule has 1 atom stereocenters. The molecular formula is C21H18FN5O2S. The van der Waals surface area contributed by atoms with E-state index in [1.807, 2.05) is 24.3 Å². The minimum absolute atomic E-state index is 0.0605. The van der Waals surface area contributed by atoms with Gasteiger partial charge in [-0.1, -0.05) is 40.8 Å². The van der Waals surface area contributed by atoms with Gasteiger partial charge in [0, 0.05) is 18.7 Å². The second-order valence-electron chi connectivity index (χ2n) is 7.17. The first kappa shape index (κ1) is 18.7. The number of hydrogen-bond acceptors (Lipinski definition) is 6. The Morgan fingerprint density at radius 2 is 2.10 bits per heavy atom. The molecule has 1 fully saturated rings. The summed E-state index contributed by atoms with van der Waals surface area (Å²) in [5, 5.41) is 7.46. The summed E-state index contributed by atoms with van der Waals surface area (Å²) in [4.78, 5) is 23.4. The topological polar surface area (TPSA) is 84.2 Å². The average molecular weight is 423 g/mol. The number of hydrogen-bond donors (Lipinski definition) is 1. The molecule has 2 amide bonds. The highest BCUT2D eigenvalue weighted by molar-refractivity contribution is 7.22. The molecule has 1 N–H and O–H groups in total. The van der Waals surface area contributed by atoms with Crippen molar-refractivity contribution in [3.63, 3.8) is 0 Å². The van der Waals surface area contributed by atoms with E-state index in [2.05, 4.69) is 20.4 Å². The number of halogens is 1. The largest absolute Gasteiger partial charge is 0.339 e. The van der Waals surface area contributed by atoms with Gasteiger partial charge in [0.05, 0.1) is 16.1 Å². The third-order valence-electron chi connectivity index (χ3n) is 5.09. The number of nitrogens with one attached hydrogen (secondary N) is 1. The quantitative estimate of drug-likeness (QED) is 0.507. The normalized spacial score (nSPS) is 16.7. The van der Waals surface area contributed by atoms with Crippen molar-refractivity contribution >= 4 is 32.7 Å². The van der Waals surface area contributed by atoms with Crippen LogP contribution in [0, 0.1) is 5.82 Å². The average Bonchev–Trinajstić information content (AvgIpc) is 3.41. The molecule has 5 rings (SSSR count). The zero-order valence-electron chi connectivity index (χ0n) is 15.9. The number of likely N-dealkylation sites (tertiary alicyclic amines) is 1. The maximum Gasteiger partial charge on any atom is 0.323 e. The first-order valence-electron chi connectivity index (χ1n) is 9.67. The van der Waals surface area contributed by atoms with E-state index in [4.69, 9.17) is 4.52 Å². The number of carbonyl (C=O) groups is 1. The van der Waals surface area contributed by atoms with Crippen LogP contribution >= 0.6 is 11.3 Å². The van der Waals surface area contributed by atoms with E-state index in [-0.39, 0.29) is 17.8 Å². The van der Waals surface area contributed by atoms with Crippen LogP contribution in [0.2, 0.25) is 0 Å². The van der Waals surface area contributed by atoms with E-state index in [1.54, 1.807) is 17.0 Å². The Hall–Kier alpha value is -3.33. The number of rotatable bonds is 3. The number of carbonyl (C=O) groups excluding carboxylic acids is 1. The second-order valence-corrected chi connectivity index (χ2v) is 8.20. The Bertz CT molecular complexity index is 1170. The van der Waals surface area contributed by atoms with Crippen LogP contribution in [0.4, 0.5) is 14.3 Å². The van der Waals surface area contributed by atoms with Crippen molar-refractivity contribution in [3.05, 3.63) is 60.2 Å². The molecule has 4 aromatic rings. The van der Waals surface area contributed by atoms with E-state index in [0.717, 1.165) is 23.1 Å². The summed E-state index contributed by atoms with van der Waals surface area (Å²) in [5.74, 6) is 0.399. The van der Waals surface area contributed by atoms with Crippen LogP contribution in [0.1, 0.15) is 24.7 Å². The highest BCUT2D eigenvalue weighted by atomic mass is 32.1. The minimum atomic E-state index is -0.353. The van der Waals surface area contributed by atoms with Gasteiger partial charge in [0.2, 0.25) is 11.7 Å². The van der Waals surface area contributed by atoms with Gasteiger partial charge in [0.1, 0.15) is 5.82 Å². The minimum Gasteiger partial charge on any atom is -0.339 e. The van der Waals surface area contributed by atoms with Gasteiger partial charge in [-0.25, -0.2) is 14.2 Å². The lowest BCUT2D eigenvalue weighted by Crippen LogP contribution is -2.41. The smallest absolute Gasteiger partial charge is 0.323 e. The van der Waals surface area contributed by atoms with Crippen molar-refractivity contribution in [1.29, 1.82) is 0 Å². The Labute approximate surface area is 175 Å². The maximum absolute atomic E-state index is 13.5. The fourth-order valence-corrected chi connectivity index (χ4v) is 4.46. The van der Waals surface area contributed by atoms with Gasteiger partial charge in [-0.15, -0.1) is 0 Å². The molecule has 2 aromatic heterocycles. The number of benzene rings is 2.